The number of benzene rings is 1. The number of ether oxygens (including phenoxy) is 1. The third kappa shape index (κ3) is 3.24. The number of nitrogens with zero attached hydrogens (tertiary/aromatic N) is 2. The number of methoxy groups -OCH3 is 1. The molecular weight excluding hydrogens is 339 g/mol. The lowest BCUT2D eigenvalue weighted by atomic mass is 10.0. The molecule has 0 fully saturated rings. The molecule has 0 aliphatic heterocycles. The summed E-state index contributed by atoms with van der Waals surface area (Å²) in [5, 5.41) is 0.606. The summed E-state index contributed by atoms with van der Waals surface area (Å²) in [6.45, 7) is 6.93. The first-order valence-electron chi connectivity index (χ1n) is 8.22. The fraction of sp³-hybridized carbons (Fsp3) is 0.368. The van der Waals surface area contributed by atoms with E-state index in [0.29, 0.717) is 18.5 Å². The van der Waals surface area contributed by atoms with Gasteiger partial charge in [-0.2, -0.15) is 0 Å². The Hall–Kier alpha value is -2.05. The predicted octanol–water partition coefficient (Wildman–Crippen LogP) is 4.34. The minimum Gasteiger partial charge on any atom is -0.383 e. The quantitative estimate of drug-likeness (QED) is 0.680. The number of hydrogen-bond acceptors (Lipinski definition) is 4. The van der Waals surface area contributed by atoms with Gasteiger partial charge in [0.1, 0.15) is 16.5 Å². The summed E-state index contributed by atoms with van der Waals surface area (Å²) in [6.07, 6.45) is 0. The Morgan fingerprint density at radius 2 is 1.96 bits per heavy atom. The Kier molecular flexibility index (Phi) is 5.01. The van der Waals surface area contributed by atoms with Crippen molar-refractivity contribution in [2.45, 2.75) is 33.2 Å². The van der Waals surface area contributed by atoms with Gasteiger partial charge >= 0.3 is 0 Å². The molecule has 0 aliphatic carbocycles. The Bertz CT molecular complexity index is 958. The highest BCUT2D eigenvalue weighted by molar-refractivity contribution is 7.19. The third-order valence-corrected chi connectivity index (χ3v) is 5.18. The number of halogens is 1. The molecular formula is C19H21FN2O2S. The molecule has 0 amide bonds. The van der Waals surface area contributed by atoms with Crippen LogP contribution in [0.5, 0.6) is 0 Å². The molecule has 1 aromatic carbocycles. The van der Waals surface area contributed by atoms with Crippen molar-refractivity contribution in [2.75, 3.05) is 13.7 Å². The fourth-order valence-electron chi connectivity index (χ4n) is 3.01. The van der Waals surface area contributed by atoms with Crippen LogP contribution in [0, 0.1) is 12.7 Å². The van der Waals surface area contributed by atoms with E-state index in [1.807, 2.05) is 20.8 Å². The van der Waals surface area contributed by atoms with Gasteiger partial charge in [0.25, 0.3) is 5.56 Å². The second-order valence-electron chi connectivity index (χ2n) is 6.29. The van der Waals surface area contributed by atoms with Crippen molar-refractivity contribution in [1.82, 2.24) is 9.55 Å². The van der Waals surface area contributed by atoms with Crippen LogP contribution in [0.2, 0.25) is 0 Å². The molecule has 6 heteroatoms. The Morgan fingerprint density at radius 3 is 2.56 bits per heavy atom. The minimum atomic E-state index is -0.293. The molecule has 2 heterocycles. The SMILES string of the molecule is COCCn1c(C(C)C)nc2sc(C)c(-c3ccc(F)cc3)c2c1=O. The molecule has 0 atom stereocenters. The average molecular weight is 360 g/mol. The van der Waals surface area contributed by atoms with Gasteiger partial charge in [-0.3, -0.25) is 9.36 Å². The van der Waals surface area contributed by atoms with Gasteiger partial charge in [0.05, 0.1) is 18.5 Å². The molecule has 132 valence electrons. The Balaban J connectivity index is 2.31. The van der Waals surface area contributed by atoms with Gasteiger partial charge in [0, 0.05) is 23.5 Å². The molecule has 0 spiro atoms. The van der Waals surface area contributed by atoms with Crippen LogP contribution in [0.1, 0.15) is 30.5 Å². The van der Waals surface area contributed by atoms with Gasteiger partial charge in [-0.15, -0.1) is 11.3 Å². The van der Waals surface area contributed by atoms with Gasteiger partial charge in [-0.25, -0.2) is 9.37 Å². The van der Waals surface area contributed by atoms with E-state index < -0.39 is 0 Å². The zero-order chi connectivity index (χ0) is 18.1. The molecule has 0 aliphatic rings. The van der Waals surface area contributed by atoms with Gasteiger partial charge in [0.15, 0.2) is 0 Å². The molecule has 0 N–H and O–H groups in total. The van der Waals surface area contributed by atoms with Crippen LogP contribution in [-0.4, -0.2) is 23.3 Å². The van der Waals surface area contributed by atoms with Gasteiger partial charge < -0.3 is 4.74 Å². The topological polar surface area (TPSA) is 44.1 Å². The minimum absolute atomic E-state index is 0.0607. The Labute approximate surface area is 149 Å². The zero-order valence-corrected chi connectivity index (χ0v) is 15.6. The first-order chi connectivity index (χ1) is 11.9. The van der Waals surface area contributed by atoms with E-state index in [9.17, 15) is 9.18 Å². The first kappa shape index (κ1) is 17.8. The highest BCUT2D eigenvalue weighted by atomic mass is 32.1. The summed E-state index contributed by atoms with van der Waals surface area (Å²) in [5.74, 6) is 0.603. The second-order valence-corrected chi connectivity index (χ2v) is 7.50. The largest absolute Gasteiger partial charge is 0.383 e. The van der Waals surface area contributed by atoms with E-state index in [1.165, 1.54) is 23.5 Å². The molecule has 25 heavy (non-hydrogen) atoms. The molecule has 3 aromatic rings. The van der Waals surface area contributed by atoms with Gasteiger partial charge in [0.2, 0.25) is 0 Å². The lowest BCUT2D eigenvalue weighted by molar-refractivity contribution is 0.184. The standard InChI is InChI=1S/C19H21FN2O2S/c1-11(2)17-21-18-16(19(23)22(17)9-10-24-4)15(12(3)25-18)13-5-7-14(20)8-6-13/h5-8,11H,9-10H2,1-4H3. The maximum absolute atomic E-state index is 13.3. The maximum atomic E-state index is 13.3. The molecule has 2 aromatic heterocycles. The fourth-order valence-corrected chi connectivity index (χ4v) is 4.06. The van der Waals surface area contributed by atoms with Crippen molar-refractivity contribution < 1.29 is 9.13 Å². The van der Waals surface area contributed by atoms with Crippen LogP contribution in [0.25, 0.3) is 21.3 Å². The monoisotopic (exact) mass is 360 g/mol. The normalized spacial score (nSPS) is 11.6. The first-order valence-corrected chi connectivity index (χ1v) is 9.04. The summed E-state index contributed by atoms with van der Waals surface area (Å²) < 4.78 is 20.1. The lowest BCUT2D eigenvalue weighted by Gasteiger charge is -2.15. The number of aromatic nitrogens is 2. The Morgan fingerprint density at radius 1 is 1.28 bits per heavy atom. The van der Waals surface area contributed by atoms with Crippen molar-refractivity contribution in [3.63, 3.8) is 0 Å². The number of aryl methyl sites for hydroxylation is 1. The van der Waals surface area contributed by atoms with Crippen LogP contribution >= 0.6 is 11.3 Å². The average Bonchev–Trinajstić information content (AvgIpc) is 2.91. The summed E-state index contributed by atoms with van der Waals surface area (Å²) in [4.78, 5) is 19.7. The number of hydrogen-bond donors (Lipinski definition) is 0. The highest BCUT2D eigenvalue weighted by Crippen LogP contribution is 2.36. The predicted molar refractivity (Wildman–Crippen MR) is 100.0 cm³/mol. The molecule has 0 unspecified atom stereocenters. The smallest absolute Gasteiger partial charge is 0.263 e. The summed E-state index contributed by atoms with van der Waals surface area (Å²) in [6, 6.07) is 6.24. The molecule has 3 rings (SSSR count). The van der Waals surface area contributed by atoms with E-state index in [2.05, 4.69) is 0 Å². The number of thiophene rings is 1. The zero-order valence-electron chi connectivity index (χ0n) is 14.8. The molecule has 4 nitrogen and oxygen atoms in total. The van der Waals surface area contributed by atoms with Crippen molar-refractivity contribution in [1.29, 1.82) is 0 Å². The summed E-state index contributed by atoms with van der Waals surface area (Å²) >= 11 is 1.51. The van der Waals surface area contributed by atoms with Crippen molar-refractivity contribution >= 4 is 21.6 Å². The highest BCUT2D eigenvalue weighted by Gasteiger charge is 2.20. The van der Waals surface area contributed by atoms with Crippen LogP contribution in [0.4, 0.5) is 4.39 Å². The molecule has 0 saturated carbocycles. The lowest BCUT2D eigenvalue weighted by Crippen LogP contribution is -2.27. The van der Waals surface area contributed by atoms with Crippen LogP contribution in [-0.2, 0) is 11.3 Å². The third-order valence-electron chi connectivity index (χ3n) is 4.19. The van der Waals surface area contributed by atoms with Gasteiger partial charge in [-0.05, 0) is 24.6 Å². The molecule has 0 bridgehead atoms. The van der Waals surface area contributed by atoms with E-state index in [0.717, 1.165) is 26.7 Å². The van der Waals surface area contributed by atoms with E-state index in [-0.39, 0.29) is 17.3 Å². The van der Waals surface area contributed by atoms with Gasteiger partial charge in [-0.1, -0.05) is 26.0 Å². The van der Waals surface area contributed by atoms with Crippen LogP contribution in [0.15, 0.2) is 29.1 Å². The van der Waals surface area contributed by atoms with Crippen molar-refractivity contribution in [3.05, 3.63) is 51.1 Å². The van der Waals surface area contributed by atoms with Crippen molar-refractivity contribution in [3.8, 4) is 11.1 Å². The van der Waals surface area contributed by atoms with E-state index >= 15 is 0 Å². The molecule has 0 saturated heterocycles. The molecule has 0 radical (unpaired) electrons. The summed E-state index contributed by atoms with van der Waals surface area (Å²) in [7, 11) is 1.62. The number of rotatable bonds is 5. The van der Waals surface area contributed by atoms with E-state index in [1.54, 1.807) is 23.8 Å². The summed E-state index contributed by atoms with van der Waals surface area (Å²) in [5.41, 5.74) is 1.62. The van der Waals surface area contributed by atoms with E-state index in [4.69, 9.17) is 9.72 Å². The number of fused-ring (bicyclic) bond motifs is 1. The van der Waals surface area contributed by atoms with Crippen molar-refractivity contribution in [2.24, 2.45) is 0 Å². The van der Waals surface area contributed by atoms with Crippen LogP contribution in [0.3, 0.4) is 0 Å². The van der Waals surface area contributed by atoms with Crippen LogP contribution < -0.4 is 5.56 Å². The maximum Gasteiger partial charge on any atom is 0.263 e. The second kappa shape index (κ2) is 7.06.